The molecule has 2 aromatic heterocycles. The van der Waals surface area contributed by atoms with Crippen molar-refractivity contribution < 1.29 is 26.7 Å². The fourth-order valence-electron chi connectivity index (χ4n) is 4.16. The lowest BCUT2D eigenvalue weighted by atomic mass is 10.1. The minimum absolute atomic E-state index is 0.114. The highest BCUT2D eigenvalue weighted by Crippen LogP contribution is 2.33. The lowest BCUT2D eigenvalue weighted by molar-refractivity contribution is -0.208. The van der Waals surface area contributed by atoms with Crippen molar-refractivity contribution in [1.29, 1.82) is 5.26 Å². The minimum Gasteiger partial charge on any atom is -0.394 e. The number of hydrogen-bond acceptors (Lipinski definition) is 7. The Bertz CT molecular complexity index is 1840. The van der Waals surface area contributed by atoms with E-state index in [-0.39, 0.29) is 15.8 Å². The number of aliphatic hydroxyl groups excluding tert-OH is 1. The quantitative estimate of drug-likeness (QED) is 0.343. The first-order chi connectivity index (χ1) is 18.8. The molecule has 1 unspecified atom stereocenters. The number of hydrogen-bond donors (Lipinski definition) is 2. The summed E-state index contributed by atoms with van der Waals surface area (Å²) in [5.74, 6) is 0. The van der Waals surface area contributed by atoms with Gasteiger partial charge in [0.25, 0.3) is 5.56 Å². The van der Waals surface area contributed by atoms with Crippen LogP contribution in [0.5, 0.6) is 0 Å². The lowest BCUT2D eigenvalue weighted by Gasteiger charge is -2.20. The largest absolute Gasteiger partial charge is 0.492 e. The van der Waals surface area contributed by atoms with Crippen molar-refractivity contribution in [1.82, 2.24) is 23.6 Å². The van der Waals surface area contributed by atoms with Crippen LogP contribution in [0.1, 0.15) is 22.9 Å². The molecule has 0 bridgehead atoms. The highest BCUT2D eigenvalue weighted by atomic mass is 32.2. The third kappa shape index (κ3) is 5.07. The highest BCUT2D eigenvalue weighted by molar-refractivity contribution is 7.89. The van der Waals surface area contributed by atoms with Gasteiger partial charge in [0, 0.05) is 12.7 Å². The molecule has 15 heteroatoms. The van der Waals surface area contributed by atoms with Crippen LogP contribution in [0.25, 0.3) is 16.9 Å². The van der Waals surface area contributed by atoms with Gasteiger partial charge < -0.3 is 5.11 Å². The van der Waals surface area contributed by atoms with Crippen molar-refractivity contribution in [2.24, 2.45) is 7.05 Å². The maximum absolute atomic E-state index is 13.9. The fraction of sp³-hybridized carbons (Fsp3) is 0.200. The van der Waals surface area contributed by atoms with Gasteiger partial charge in [0.15, 0.2) is 0 Å². The van der Waals surface area contributed by atoms with Crippen molar-refractivity contribution in [3.8, 4) is 23.0 Å². The van der Waals surface area contributed by atoms with Gasteiger partial charge in [0.05, 0.1) is 41.7 Å². The van der Waals surface area contributed by atoms with E-state index >= 15 is 0 Å². The van der Waals surface area contributed by atoms with E-state index in [1.807, 2.05) is 6.07 Å². The van der Waals surface area contributed by atoms with Crippen molar-refractivity contribution in [3.63, 3.8) is 0 Å². The van der Waals surface area contributed by atoms with Crippen molar-refractivity contribution >= 4 is 10.0 Å². The van der Waals surface area contributed by atoms with Gasteiger partial charge in [-0.1, -0.05) is 30.3 Å². The Balaban J connectivity index is 2.05. The second-order valence-corrected chi connectivity index (χ2v) is 10.3. The third-order valence-corrected chi connectivity index (χ3v) is 7.60. The molecule has 0 aliphatic heterocycles. The summed E-state index contributed by atoms with van der Waals surface area (Å²) < 4.78 is 72.0. The molecule has 0 spiro atoms. The molecule has 0 radical (unpaired) electrons. The Labute approximate surface area is 225 Å². The molecular weight excluding hydrogens is 553 g/mol. The second kappa shape index (κ2) is 10.6. The smallest absolute Gasteiger partial charge is 0.394 e. The van der Waals surface area contributed by atoms with Crippen LogP contribution in [0.3, 0.4) is 0 Å². The molecule has 2 heterocycles. The summed E-state index contributed by atoms with van der Waals surface area (Å²) in [7, 11) is -3.83. The maximum atomic E-state index is 13.9. The molecule has 208 valence electrons. The summed E-state index contributed by atoms with van der Waals surface area (Å²) in [6.45, 7) is 0.203. The second-order valence-electron chi connectivity index (χ2n) is 8.61. The Morgan fingerprint density at radius 1 is 1.10 bits per heavy atom. The summed E-state index contributed by atoms with van der Waals surface area (Å²) in [5.41, 5.74) is -4.30. The molecule has 0 aliphatic rings. The molecular formula is C25H21F3N6O5S. The molecule has 1 atom stereocenters. The van der Waals surface area contributed by atoms with Crippen molar-refractivity contribution in [2.45, 2.75) is 24.2 Å². The van der Waals surface area contributed by atoms with E-state index in [0.717, 1.165) is 24.9 Å². The molecule has 4 rings (SSSR count). The number of sulfonamides is 1. The number of alkyl halides is 3. The lowest BCUT2D eigenvalue weighted by Crippen LogP contribution is -2.45. The van der Waals surface area contributed by atoms with Gasteiger partial charge in [0.2, 0.25) is 10.0 Å². The topological polar surface area (TPSA) is 152 Å². The van der Waals surface area contributed by atoms with Crippen LogP contribution in [-0.2, 0) is 23.4 Å². The first kappa shape index (κ1) is 28.5. The van der Waals surface area contributed by atoms with Crippen LogP contribution in [-0.4, -0.2) is 39.0 Å². The fourth-order valence-corrected chi connectivity index (χ4v) is 5.51. The maximum Gasteiger partial charge on any atom is 0.492 e. The van der Waals surface area contributed by atoms with Crippen LogP contribution < -0.4 is 16.0 Å². The molecule has 0 saturated carbocycles. The Kier molecular flexibility index (Phi) is 7.52. The zero-order valence-corrected chi connectivity index (χ0v) is 21.7. The van der Waals surface area contributed by atoms with E-state index in [4.69, 9.17) is 5.26 Å². The number of aromatic nitrogens is 4. The van der Waals surface area contributed by atoms with E-state index in [1.54, 1.807) is 30.3 Å². The van der Waals surface area contributed by atoms with Crippen LogP contribution in [0, 0.1) is 18.3 Å². The van der Waals surface area contributed by atoms with Gasteiger partial charge in [0.1, 0.15) is 10.6 Å². The predicted molar refractivity (Wildman–Crippen MR) is 136 cm³/mol. The molecule has 0 aliphatic carbocycles. The van der Waals surface area contributed by atoms with Gasteiger partial charge in [-0.3, -0.25) is 9.36 Å². The van der Waals surface area contributed by atoms with Crippen LogP contribution in [0.2, 0.25) is 0 Å². The standard InChI is InChI=1S/C25H21F3N6O5S/c1-15-21(23(36)32(2)24(37)33(15)25(26,27)28)22-20(13-30-34(22)18-10-8-16(12-29)9-11-18)40(38,39)31-19(14-35)17-6-4-3-5-7-17/h3-11,13,19,31,35H,14H2,1-2H3. The molecule has 0 saturated heterocycles. The van der Waals surface area contributed by atoms with Crippen LogP contribution in [0.15, 0.2) is 75.3 Å². The van der Waals surface area contributed by atoms with Crippen LogP contribution in [0.4, 0.5) is 13.2 Å². The Morgan fingerprint density at radius 2 is 1.73 bits per heavy atom. The summed E-state index contributed by atoms with van der Waals surface area (Å²) in [5, 5.41) is 23.1. The van der Waals surface area contributed by atoms with Crippen LogP contribution >= 0.6 is 0 Å². The molecule has 2 aromatic carbocycles. The van der Waals surface area contributed by atoms with Gasteiger partial charge in [-0.15, -0.1) is 13.2 Å². The summed E-state index contributed by atoms with van der Waals surface area (Å²) >= 11 is 0. The van der Waals surface area contributed by atoms with Gasteiger partial charge in [-0.25, -0.2) is 27.2 Å². The molecule has 2 N–H and O–H groups in total. The molecule has 4 aromatic rings. The van der Waals surface area contributed by atoms with E-state index in [2.05, 4.69) is 9.82 Å². The number of nitrogens with one attached hydrogen (secondary N) is 1. The average molecular weight is 575 g/mol. The molecule has 0 fully saturated rings. The Hall–Kier alpha value is -4.52. The van der Waals surface area contributed by atoms with E-state index < -0.39 is 66.6 Å². The van der Waals surface area contributed by atoms with E-state index in [0.29, 0.717) is 5.56 Å². The zero-order chi connectivity index (χ0) is 29.4. The Morgan fingerprint density at radius 3 is 2.27 bits per heavy atom. The van der Waals surface area contributed by atoms with Crippen molar-refractivity contribution in [2.75, 3.05) is 6.61 Å². The zero-order valence-electron chi connectivity index (χ0n) is 20.9. The number of nitrogens with zero attached hydrogens (tertiary/aromatic N) is 5. The number of nitriles is 1. The third-order valence-electron chi connectivity index (χ3n) is 6.13. The number of rotatable bonds is 7. The van der Waals surface area contributed by atoms with E-state index in [9.17, 15) is 36.3 Å². The first-order valence-electron chi connectivity index (χ1n) is 11.5. The molecule has 40 heavy (non-hydrogen) atoms. The summed E-state index contributed by atoms with van der Waals surface area (Å²) in [6.07, 6.45) is -4.40. The highest BCUT2D eigenvalue weighted by Gasteiger charge is 2.38. The number of halogens is 3. The molecule has 0 amide bonds. The normalized spacial score (nSPS) is 12.7. The van der Waals surface area contributed by atoms with Gasteiger partial charge in [-0.2, -0.15) is 10.4 Å². The minimum atomic E-state index is -5.24. The van der Waals surface area contributed by atoms with Gasteiger partial charge >= 0.3 is 12.0 Å². The SMILES string of the molecule is Cc1c(-c2c(S(=O)(=O)NC(CO)c3ccccc3)cnn2-c2ccc(C#N)cc2)c(=O)n(C)c(=O)n1C(F)(F)F. The first-order valence-corrected chi connectivity index (χ1v) is 13.0. The van der Waals surface area contributed by atoms with Crippen molar-refractivity contribution in [3.05, 3.63) is 98.5 Å². The molecule has 11 nitrogen and oxygen atoms in total. The van der Waals surface area contributed by atoms with E-state index in [1.165, 1.54) is 24.3 Å². The average Bonchev–Trinajstić information content (AvgIpc) is 3.36. The number of benzene rings is 2. The summed E-state index contributed by atoms with van der Waals surface area (Å²) in [4.78, 5) is 25.0. The van der Waals surface area contributed by atoms with Gasteiger partial charge in [-0.05, 0) is 36.8 Å². The monoisotopic (exact) mass is 574 g/mol. The predicted octanol–water partition coefficient (Wildman–Crippen LogP) is 2.07. The summed E-state index contributed by atoms with van der Waals surface area (Å²) in [6, 6.07) is 14.2. The number of aliphatic hydroxyl groups is 1.